The standard InChI is InChI=1S/C12H18N2O2/c1-3-16-12(15)6-7-13-9-11-5-4-10(2)8-14-11/h4-5,8,13H,3,6-7,9H2,1-2H3. The maximum absolute atomic E-state index is 11.0. The van der Waals surface area contributed by atoms with E-state index in [1.54, 1.807) is 0 Å². The van der Waals surface area contributed by atoms with Crippen molar-refractivity contribution in [2.45, 2.75) is 26.8 Å². The molecular weight excluding hydrogens is 204 g/mol. The van der Waals surface area contributed by atoms with Gasteiger partial charge in [-0.2, -0.15) is 0 Å². The molecule has 0 radical (unpaired) electrons. The molecule has 1 heterocycles. The molecule has 4 heteroatoms. The van der Waals surface area contributed by atoms with Gasteiger partial charge in [0.1, 0.15) is 0 Å². The number of esters is 1. The Bertz CT molecular complexity index is 322. The van der Waals surface area contributed by atoms with Crippen LogP contribution in [-0.2, 0) is 16.1 Å². The summed E-state index contributed by atoms with van der Waals surface area (Å²) in [5.41, 5.74) is 2.13. The molecule has 1 aromatic rings. The van der Waals surface area contributed by atoms with Crippen LogP contribution in [0.4, 0.5) is 0 Å². The summed E-state index contributed by atoms with van der Waals surface area (Å²) in [7, 11) is 0. The van der Waals surface area contributed by atoms with Gasteiger partial charge in [-0.05, 0) is 25.5 Å². The van der Waals surface area contributed by atoms with Crippen molar-refractivity contribution in [2.24, 2.45) is 0 Å². The van der Waals surface area contributed by atoms with E-state index >= 15 is 0 Å². The molecule has 0 unspecified atom stereocenters. The first-order valence-electron chi connectivity index (χ1n) is 5.50. The summed E-state index contributed by atoms with van der Waals surface area (Å²) in [5, 5.41) is 3.15. The van der Waals surface area contributed by atoms with Gasteiger partial charge >= 0.3 is 5.97 Å². The van der Waals surface area contributed by atoms with Gasteiger partial charge in [-0.1, -0.05) is 6.07 Å². The van der Waals surface area contributed by atoms with E-state index < -0.39 is 0 Å². The van der Waals surface area contributed by atoms with Gasteiger partial charge in [-0.15, -0.1) is 0 Å². The van der Waals surface area contributed by atoms with Crippen molar-refractivity contribution < 1.29 is 9.53 Å². The monoisotopic (exact) mass is 222 g/mol. The number of pyridine rings is 1. The highest BCUT2D eigenvalue weighted by Gasteiger charge is 2.00. The van der Waals surface area contributed by atoms with Crippen LogP contribution >= 0.6 is 0 Å². The Morgan fingerprint density at radius 2 is 2.31 bits per heavy atom. The van der Waals surface area contributed by atoms with Crippen molar-refractivity contribution in [3.8, 4) is 0 Å². The van der Waals surface area contributed by atoms with Crippen LogP contribution in [0.15, 0.2) is 18.3 Å². The molecule has 0 amide bonds. The van der Waals surface area contributed by atoms with Gasteiger partial charge in [0.25, 0.3) is 0 Å². The van der Waals surface area contributed by atoms with E-state index in [1.165, 1.54) is 0 Å². The minimum absolute atomic E-state index is 0.160. The highest BCUT2D eigenvalue weighted by Crippen LogP contribution is 1.97. The van der Waals surface area contributed by atoms with Gasteiger partial charge in [0.05, 0.1) is 18.7 Å². The fraction of sp³-hybridized carbons (Fsp3) is 0.500. The number of aryl methyl sites for hydroxylation is 1. The van der Waals surface area contributed by atoms with E-state index in [0.29, 0.717) is 26.1 Å². The average Bonchev–Trinajstić information content (AvgIpc) is 2.27. The first kappa shape index (κ1) is 12.6. The summed E-state index contributed by atoms with van der Waals surface area (Å²) >= 11 is 0. The molecule has 0 bridgehead atoms. The number of rotatable bonds is 6. The summed E-state index contributed by atoms with van der Waals surface area (Å²) in [6.45, 7) is 5.55. The predicted octanol–water partition coefficient (Wildman–Crippen LogP) is 1.43. The van der Waals surface area contributed by atoms with Crippen LogP contribution in [0.3, 0.4) is 0 Å². The predicted molar refractivity (Wildman–Crippen MR) is 61.9 cm³/mol. The van der Waals surface area contributed by atoms with Crippen molar-refractivity contribution in [1.29, 1.82) is 0 Å². The molecule has 0 atom stereocenters. The van der Waals surface area contributed by atoms with Crippen molar-refractivity contribution in [1.82, 2.24) is 10.3 Å². The smallest absolute Gasteiger partial charge is 0.307 e. The molecule has 1 N–H and O–H groups in total. The third-order valence-corrected chi connectivity index (χ3v) is 2.09. The molecule has 0 aliphatic heterocycles. The zero-order valence-corrected chi connectivity index (χ0v) is 9.82. The summed E-state index contributed by atoms with van der Waals surface area (Å²) < 4.78 is 4.82. The summed E-state index contributed by atoms with van der Waals surface area (Å²) in [6, 6.07) is 4.00. The lowest BCUT2D eigenvalue weighted by Gasteiger charge is -2.04. The van der Waals surface area contributed by atoms with Gasteiger partial charge in [0.15, 0.2) is 0 Å². The molecule has 1 rings (SSSR count). The Balaban J connectivity index is 2.16. The number of nitrogens with one attached hydrogen (secondary N) is 1. The van der Waals surface area contributed by atoms with Gasteiger partial charge < -0.3 is 10.1 Å². The van der Waals surface area contributed by atoms with Gasteiger partial charge in [-0.25, -0.2) is 0 Å². The van der Waals surface area contributed by atoms with E-state index in [1.807, 2.05) is 32.2 Å². The van der Waals surface area contributed by atoms with E-state index in [-0.39, 0.29) is 5.97 Å². The minimum atomic E-state index is -0.160. The largest absolute Gasteiger partial charge is 0.466 e. The van der Waals surface area contributed by atoms with E-state index in [0.717, 1.165) is 11.3 Å². The van der Waals surface area contributed by atoms with Crippen LogP contribution in [0.25, 0.3) is 0 Å². The lowest BCUT2D eigenvalue weighted by Crippen LogP contribution is -2.19. The van der Waals surface area contributed by atoms with E-state index in [9.17, 15) is 4.79 Å². The zero-order valence-electron chi connectivity index (χ0n) is 9.82. The maximum Gasteiger partial charge on any atom is 0.307 e. The molecule has 4 nitrogen and oxygen atoms in total. The molecule has 0 aromatic carbocycles. The second-order valence-electron chi connectivity index (χ2n) is 3.56. The molecule has 1 aromatic heterocycles. The van der Waals surface area contributed by atoms with Gasteiger partial charge in [0, 0.05) is 19.3 Å². The number of carbonyl (C=O) groups is 1. The van der Waals surface area contributed by atoms with Gasteiger partial charge in [-0.3, -0.25) is 9.78 Å². The lowest BCUT2D eigenvalue weighted by molar-refractivity contribution is -0.142. The first-order valence-corrected chi connectivity index (χ1v) is 5.50. The molecule has 0 saturated carbocycles. The second-order valence-corrected chi connectivity index (χ2v) is 3.56. The highest BCUT2D eigenvalue weighted by molar-refractivity contribution is 5.69. The number of carbonyl (C=O) groups excluding carboxylic acids is 1. The number of ether oxygens (including phenoxy) is 1. The Hall–Kier alpha value is -1.42. The van der Waals surface area contributed by atoms with Crippen molar-refractivity contribution in [3.05, 3.63) is 29.6 Å². The number of aromatic nitrogens is 1. The van der Waals surface area contributed by atoms with Gasteiger partial charge in [0.2, 0.25) is 0 Å². The van der Waals surface area contributed by atoms with Crippen LogP contribution in [0.5, 0.6) is 0 Å². The Morgan fingerprint density at radius 1 is 1.50 bits per heavy atom. The second kappa shape index (κ2) is 6.95. The van der Waals surface area contributed by atoms with Crippen LogP contribution < -0.4 is 5.32 Å². The molecule has 0 saturated heterocycles. The van der Waals surface area contributed by atoms with Crippen LogP contribution in [0.1, 0.15) is 24.6 Å². The highest BCUT2D eigenvalue weighted by atomic mass is 16.5. The molecule has 88 valence electrons. The fourth-order valence-electron chi connectivity index (χ4n) is 1.24. The molecule has 0 spiro atoms. The van der Waals surface area contributed by atoms with Crippen LogP contribution in [-0.4, -0.2) is 24.1 Å². The van der Waals surface area contributed by atoms with E-state index in [4.69, 9.17) is 4.74 Å². The lowest BCUT2D eigenvalue weighted by atomic mass is 10.3. The SMILES string of the molecule is CCOC(=O)CCNCc1ccc(C)cn1. The quantitative estimate of drug-likeness (QED) is 0.584. The molecule has 0 aliphatic rings. The fourth-order valence-corrected chi connectivity index (χ4v) is 1.24. The third-order valence-electron chi connectivity index (χ3n) is 2.09. The zero-order chi connectivity index (χ0) is 11.8. The topological polar surface area (TPSA) is 51.2 Å². The Kier molecular flexibility index (Phi) is 5.50. The maximum atomic E-state index is 11.0. The third kappa shape index (κ3) is 4.89. The Morgan fingerprint density at radius 3 is 2.94 bits per heavy atom. The van der Waals surface area contributed by atoms with Crippen LogP contribution in [0.2, 0.25) is 0 Å². The summed E-state index contributed by atoms with van der Waals surface area (Å²) in [6.07, 6.45) is 2.24. The summed E-state index contributed by atoms with van der Waals surface area (Å²) in [4.78, 5) is 15.3. The molecule has 0 aliphatic carbocycles. The first-order chi connectivity index (χ1) is 7.72. The minimum Gasteiger partial charge on any atom is -0.466 e. The summed E-state index contributed by atoms with van der Waals surface area (Å²) in [5.74, 6) is -0.160. The van der Waals surface area contributed by atoms with Crippen LogP contribution in [0, 0.1) is 6.92 Å². The molecular formula is C12H18N2O2. The average molecular weight is 222 g/mol. The van der Waals surface area contributed by atoms with Crippen molar-refractivity contribution >= 4 is 5.97 Å². The normalized spacial score (nSPS) is 10.1. The van der Waals surface area contributed by atoms with Crippen molar-refractivity contribution in [3.63, 3.8) is 0 Å². The number of nitrogens with zero attached hydrogens (tertiary/aromatic N) is 1. The Labute approximate surface area is 96.0 Å². The molecule has 16 heavy (non-hydrogen) atoms. The van der Waals surface area contributed by atoms with Crippen molar-refractivity contribution in [2.75, 3.05) is 13.2 Å². The number of hydrogen-bond acceptors (Lipinski definition) is 4. The number of hydrogen-bond donors (Lipinski definition) is 1. The van der Waals surface area contributed by atoms with E-state index in [2.05, 4.69) is 10.3 Å². The molecule has 0 fully saturated rings.